The Balaban J connectivity index is 1.75. The molecule has 2 unspecified atom stereocenters. The molecule has 1 saturated carbocycles. The molecule has 3 nitrogen and oxygen atoms in total. The summed E-state index contributed by atoms with van der Waals surface area (Å²) < 4.78 is 0. The van der Waals surface area contributed by atoms with Crippen molar-refractivity contribution in [1.29, 1.82) is 0 Å². The number of carbonyl (C=O) groups excluding carboxylic acids is 1. The molecule has 1 aromatic rings. The van der Waals surface area contributed by atoms with Gasteiger partial charge >= 0.3 is 0 Å². The van der Waals surface area contributed by atoms with E-state index < -0.39 is 0 Å². The maximum absolute atomic E-state index is 12.8. The predicted octanol–water partition coefficient (Wildman–Crippen LogP) is 3.48. The van der Waals surface area contributed by atoms with E-state index in [0.29, 0.717) is 5.92 Å². The van der Waals surface area contributed by atoms with Gasteiger partial charge < -0.3 is 4.90 Å². The zero-order chi connectivity index (χ0) is 14.7. The monoisotopic (exact) mass is 286 g/mol. The Labute approximate surface area is 127 Å². The molecule has 1 aliphatic carbocycles. The second kappa shape index (κ2) is 6.61. The number of hydrogen-bond acceptors (Lipinski definition) is 2. The van der Waals surface area contributed by atoms with Gasteiger partial charge in [-0.15, -0.1) is 0 Å². The first-order chi connectivity index (χ1) is 10.3. The standard InChI is InChI=1S/C18H26N2O/c1-2-8-16-19-17(15-11-4-3-5-12-15)18(21)20(16)13-14-9-6-7-10-14/h3-5,11-12,14,16-17,19H,2,6-10,13H2,1H3. The summed E-state index contributed by atoms with van der Waals surface area (Å²) in [7, 11) is 0. The predicted molar refractivity (Wildman–Crippen MR) is 84.7 cm³/mol. The topological polar surface area (TPSA) is 32.3 Å². The smallest absolute Gasteiger partial charge is 0.245 e. The van der Waals surface area contributed by atoms with Crippen LogP contribution in [0.4, 0.5) is 0 Å². The molecule has 0 spiro atoms. The fraction of sp³-hybridized carbons (Fsp3) is 0.611. The lowest BCUT2D eigenvalue weighted by Crippen LogP contribution is -2.39. The van der Waals surface area contributed by atoms with Crippen molar-refractivity contribution < 1.29 is 4.79 Å². The van der Waals surface area contributed by atoms with Crippen LogP contribution in [0.25, 0.3) is 0 Å². The van der Waals surface area contributed by atoms with E-state index in [1.807, 2.05) is 18.2 Å². The van der Waals surface area contributed by atoms with Gasteiger partial charge in [-0.3, -0.25) is 10.1 Å². The van der Waals surface area contributed by atoms with Crippen LogP contribution in [0.2, 0.25) is 0 Å². The SMILES string of the molecule is CCCC1NC(c2ccccc2)C(=O)N1CC1CCCC1. The quantitative estimate of drug-likeness (QED) is 0.899. The van der Waals surface area contributed by atoms with Crippen LogP contribution in [0.15, 0.2) is 30.3 Å². The van der Waals surface area contributed by atoms with Crippen LogP contribution in [-0.4, -0.2) is 23.5 Å². The minimum absolute atomic E-state index is 0.149. The van der Waals surface area contributed by atoms with Gasteiger partial charge in [0.15, 0.2) is 0 Å². The van der Waals surface area contributed by atoms with Crippen LogP contribution in [0.5, 0.6) is 0 Å². The molecule has 3 rings (SSSR count). The lowest BCUT2D eigenvalue weighted by molar-refractivity contribution is -0.130. The third-order valence-corrected chi connectivity index (χ3v) is 4.89. The summed E-state index contributed by atoms with van der Waals surface area (Å²) in [6, 6.07) is 9.99. The lowest BCUT2D eigenvalue weighted by Gasteiger charge is -2.26. The van der Waals surface area contributed by atoms with Crippen LogP contribution in [0.3, 0.4) is 0 Å². The van der Waals surface area contributed by atoms with Gasteiger partial charge in [-0.1, -0.05) is 56.5 Å². The van der Waals surface area contributed by atoms with Crippen molar-refractivity contribution in [2.45, 2.75) is 57.7 Å². The van der Waals surface area contributed by atoms with E-state index in [1.54, 1.807) is 0 Å². The molecule has 0 bridgehead atoms. The number of benzene rings is 1. The van der Waals surface area contributed by atoms with Gasteiger partial charge in [0.2, 0.25) is 5.91 Å². The summed E-state index contributed by atoms with van der Waals surface area (Å²) in [5.74, 6) is 0.983. The second-order valence-corrected chi connectivity index (χ2v) is 6.46. The largest absolute Gasteiger partial charge is 0.325 e. The first-order valence-electron chi connectivity index (χ1n) is 8.41. The molecule has 1 amide bonds. The van der Waals surface area contributed by atoms with E-state index in [9.17, 15) is 4.79 Å². The maximum Gasteiger partial charge on any atom is 0.245 e. The third-order valence-electron chi connectivity index (χ3n) is 4.89. The molecule has 2 aliphatic rings. The number of nitrogens with one attached hydrogen (secondary N) is 1. The molecule has 1 saturated heterocycles. The van der Waals surface area contributed by atoms with Crippen LogP contribution in [0, 0.1) is 5.92 Å². The highest BCUT2D eigenvalue weighted by atomic mass is 16.2. The zero-order valence-electron chi connectivity index (χ0n) is 12.9. The van der Waals surface area contributed by atoms with E-state index >= 15 is 0 Å². The Morgan fingerprint density at radius 1 is 1.19 bits per heavy atom. The number of carbonyl (C=O) groups is 1. The fourth-order valence-electron chi connectivity index (χ4n) is 3.76. The normalized spacial score (nSPS) is 26.7. The molecule has 21 heavy (non-hydrogen) atoms. The van der Waals surface area contributed by atoms with E-state index in [-0.39, 0.29) is 18.1 Å². The van der Waals surface area contributed by atoms with E-state index in [4.69, 9.17) is 0 Å². The van der Waals surface area contributed by atoms with Gasteiger partial charge in [-0.25, -0.2) is 0 Å². The number of rotatable bonds is 5. The van der Waals surface area contributed by atoms with E-state index in [0.717, 1.165) is 24.9 Å². The van der Waals surface area contributed by atoms with Crippen molar-refractivity contribution in [3.63, 3.8) is 0 Å². The van der Waals surface area contributed by atoms with Crippen molar-refractivity contribution in [2.75, 3.05) is 6.54 Å². The van der Waals surface area contributed by atoms with Crippen molar-refractivity contribution in [3.8, 4) is 0 Å². The number of nitrogens with zero attached hydrogens (tertiary/aromatic N) is 1. The molecule has 114 valence electrons. The highest BCUT2D eigenvalue weighted by molar-refractivity contribution is 5.85. The Morgan fingerprint density at radius 3 is 2.57 bits per heavy atom. The summed E-state index contributed by atoms with van der Waals surface area (Å²) in [4.78, 5) is 15.0. The minimum Gasteiger partial charge on any atom is -0.325 e. The Morgan fingerprint density at radius 2 is 1.90 bits per heavy atom. The zero-order valence-corrected chi connectivity index (χ0v) is 12.9. The number of hydrogen-bond donors (Lipinski definition) is 1. The van der Waals surface area contributed by atoms with Crippen molar-refractivity contribution >= 4 is 5.91 Å². The molecule has 1 aromatic carbocycles. The van der Waals surface area contributed by atoms with Crippen molar-refractivity contribution in [2.24, 2.45) is 5.92 Å². The Bertz CT molecular complexity index is 467. The Hall–Kier alpha value is -1.35. The molecule has 2 fully saturated rings. The molecule has 1 heterocycles. The Kier molecular flexibility index (Phi) is 4.59. The van der Waals surface area contributed by atoms with Gasteiger partial charge in [0.1, 0.15) is 6.04 Å². The van der Waals surface area contributed by atoms with E-state index in [2.05, 4.69) is 29.3 Å². The molecule has 3 heteroatoms. The number of amides is 1. The van der Waals surface area contributed by atoms with Gasteiger partial charge in [-0.2, -0.15) is 0 Å². The average Bonchev–Trinajstić information content (AvgIpc) is 3.12. The molecule has 0 radical (unpaired) electrons. The third kappa shape index (κ3) is 3.13. The van der Waals surface area contributed by atoms with Crippen LogP contribution in [-0.2, 0) is 4.79 Å². The van der Waals surface area contributed by atoms with Crippen LogP contribution < -0.4 is 5.32 Å². The summed E-state index contributed by atoms with van der Waals surface area (Å²) in [5, 5.41) is 3.56. The van der Waals surface area contributed by atoms with Gasteiger partial charge in [0.25, 0.3) is 0 Å². The molecule has 2 atom stereocenters. The lowest BCUT2D eigenvalue weighted by atomic mass is 10.1. The molecular formula is C18H26N2O. The summed E-state index contributed by atoms with van der Waals surface area (Å²) in [5.41, 5.74) is 1.09. The van der Waals surface area contributed by atoms with Crippen molar-refractivity contribution in [3.05, 3.63) is 35.9 Å². The molecule has 0 aromatic heterocycles. The molecule has 1 N–H and O–H groups in total. The van der Waals surface area contributed by atoms with Gasteiger partial charge in [-0.05, 0) is 30.7 Å². The minimum atomic E-state index is -0.149. The maximum atomic E-state index is 12.8. The summed E-state index contributed by atoms with van der Waals surface area (Å²) in [6.07, 6.45) is 7.61. The first kappa shape index (κ1) is 14.6. The van der Waals surface area contributed by atoms with Gasteiger partial charge in [0.05, 0.1) is 6.17 Å². The van der Waals surface area contributed by atoms with Crippen LogP contribution >= 0.6 is 0 Å². The van der Waals surface area contributed by atoms with E-state index in [1.165, 1.54) is 25.7 Å². The van der Waals surface area contributed by atoms with Gasteiger partial charge in [0, 0.05) is 6.54 Å². The van der Waals surface area contributed by atoms with Crippen molar-refractivity contribution in [1.82, 2.24) is 10.2 Å². The average molecular weight is 286 g/mol. The highest BCUT2D eigenvalue weighted by Gasteiger charge is 2.40. The second-order valence-electron chi connectivity index (χ2n) is 6.46. The fourth-order valence-corrected chi connectivity index (χ4v) is 3.76. The molecular weight excluding hydrogens is 260 g/mol. The molecule has 1 aliphatic heterocycles. The first-order valence-corrected chi connectivity index (χ1v) is 8.41. The summed E-state index contributed by atoms with van der Waals surface area (Å²) in [6.45, 7) is 3.13. The summed E-state index contributed by atoms with van der Waals surface area (Å²) >= 11 is 0. The highest BCUT2D eigenvalue weighted by Crippen LogP contribution is 2.31. The van der Waals surface area contributed by atoms with Crippen LogP contribution in [0.1, 0.15) is 57.1 Å².